The zero-order chi connectivity index (χ0) is 23.6. The minimum Gasteiger partial charge on any atom is -0.493 e. The minimum atomic E-state index is -0.563. The number of benzene rings is 3. The first-order chi connectivity index (χ1) is 16.0. The molecule has 6 heteroatoms. The molecular formula is C27H29Cl3O3. The fourth-order valence-electron chi connectivity index (χ4n) is 3.65. The van der Waals surface area contributed by atoms with Crippen LogP contribution in [-0.4, -0.2) is 12.6 Å². The van der Waals surface area contributed by atoms with Gasteiger partial charge in [-0.1, -0.05) is 111 Å². The molecule has 0 aliphatic rings. The molecule has 0 aliphatic carbocycles. The van der Waals surface area contributed by atoms with Gasteiger partial charge in [-0.05, 0) is 35.4 Å². The molecule has 0 aromatic heterocycles. The summed E-state index contributed by atoms with van der Waals surface area (Å²) in [7, 11) is 0. The van der Waals surface area contributed by atoms with Crippen molar-refractivity contribution in [1.29, 1.82) is 0 Å². The lowest BCUT2D eigenvalue weighted by Crippen LogP contribution is -2.12. The van der Waals surface area contributed by atoms with E-state index in [2.05, 4.69) is 6.92 Å². The molecule has 0 radical (unpaired) electrons. The van der Waals surface area contributed by atoms with Crippen LogP contribution in [0.1, 0.15) is 68.6 Å². The first kappa shape index (κ1) is 25.7. The lowest BCUT2D eigenvalue weighted by atomic mass is 10.1. The van der Waals surface area contributed by atoms with Crippen LogP contribution in [0.3, 0.4) is 0 Å². The van der Waals surface area contributed by atoms with Crippen molar-refractivity contribution in [2.24, 2.45) is 0 Å². The highest BCUT2D eigenvalue weighted by Gasteiger charge is 2.19. The van der Waals surface area contributed by atoms with Gasteiger partial charge in [0.2, 0.25) is 0 Å². The van der Waals surface area contributed by atoms with Crippen LogP contribution in [0, 0.1) is 0 Å². The number of hydrogen-bond acceptors (Lipinski definition) is 3. The number of esters is 1. The van der Waals surface area contributed by atoms with Crippen LogP contribution < -0.4 is 9.47 Å². The third-order valence-electron chi connectivity index (χ3n) is 5.50. The van der Waals surface area contributed by atoms with E-state index >= 15 is 0 Å². The van der Waals surface area contributed by atoms with E-state index in [1.165, 1.54) is 50.7 Å². The topological polar surface area (TPSA) is 35.5 Å². The Labute approximate surface area is 210 Å². The zero-order valence-corrected chi connectivity index (χ0v) is 21.1. The predicted octanol–water partition coefficient (Wildman–Crippen LogP) is 9.54. The summed E-state index contributed by atoms with van der Waals surface area (Å²) in [6.07, 6.45) is 9.71. The number of fused-ring (bicyclic) bond motifs is 1. The van der Waals surface area contributed by atoms with E-state index in [1.54, 1.807) is 6.07 Å². The molecule has 3 aromatic carbocycles. The van der Waals surface area contributed by atoms with Gasteiger partial charge in [0.25, 0.3) is 0 Å². The SMILES string of the molecule is CCCCCCCCCCOc1cc2ccccc2cc1C(=O)Oc1cc(Cl)c(Cl)cc1Cl. The van der Waals surface area contributed by atoms with Crippen molar-refractivity contribution in [1.82, 2.24) is 0 Å². The van der Waals surface area contributed by atoms with Crippen molar-refractivity contribution >= 4 is 51.5 Å². The molecule has 0 saturated heterocycles. The first-order valence-electron chi connectivity index (χ1n) is 11.5. The van der Waals surface area contributed by atoms with E-state index in [4.69, 9.17) is 44.3 Å². The van der Waals surface area contributed by atoms with E-state index in [0.29, 0.717) is 22.9 Å². The zero-order valence-electron chi connectivity index (χ0n) is 18.8. The van der Waals surface area contributed by atoms with Gasteiger partial charge in [0, 0.05) is 6.07 Å². The molecule has 0 heterocycles. The Morgan fingerprint density at radius 3 is 2.03 bits per heavy atom. The summed E-state index contributed by atoms with van der Waals surface area (Å²) >= 11 is 18.2. The predicted molar refractivity (Wildman–Crippen MR) is 138 cm³/mol. The number of carbonyl (C=O) groups excluding carboxylic acids is 1. The smallest absolute Gasteiger partial charge is 0.347 e. The average Bonchev–Trinajstić information content (AvgIpc) is 2.81. The van der Waals surface area contributed by atoms with Gasteiger partial charge in [0.1, 0.15) is 11.3 Å². The van der Waals surface area contributed by atoms with Gasteiger partial charge >= 0.3 is 5.97 Å². The molecule has 0 spiro atoms. The fraction of sp³-hybridized carbons (Fsp3) is 0.370. The summed E-state index contributed by atoms with van der Waals surface area (Å²) in [6.45, 7) is 2.77. The Hall–Kier alpha value is -1.94. The normalized spacial score (nSPS) is 11.0. The van der Waals surface area contributed by atoms with Crippen molar-refractivity contribution in [2.45, 2.75) is 58.3 Å². The highest BCUT2D eigenvalue weighted by molar-refractivity contribution is 6.43. The molecule has 3 aromatic rings. The summed E-state index contributed by atoms with van der Waals surface area (Å²) in [5.41, 5.74) is 0.343. The van der Waals surface area contributed by atoms with Crippen molar-refractivity contribution in [2.75, 3.05) is 6.61 Å². The second-order valence-corrected chi connectivity index (χ2v) is 9.33. The molecule has 0 fully saturated rings. The molecule has 3 rings (SSSR count). The second-order valence-electron chi connectivity index (χ2n) is 8.11. The molecule has 3 nitrogen and oxygen atoms in total. The average molecular weight is 508 g/mol. The minimum absolute atomic E-state index is 0.151. The molecule has 0 saturated carbocycles. The van der Waals surface area contributed by atoms with Crippen molar-refractivity contribution < 1.29 is 14.3 Å². The number of carbonyl (C=O) groups is 1. The van der Waals surface area contributed by atoms with E-state index < -0.39 is 5.97 Å². The van der Waals surface area contributed by atoms with Crippen molar-refractivity contribution in [3.05, 3.63) is 69.2 Å². The van der Waals surface area contributed by atoms with Gasteiger partial charge in [-0.25, -0.2) is 4.79 Å². The molecule has 0 unspecified atom stereocenters. The maximum atomic E-state index is 13.1. The van der Waals surface area contributed by atoms with Crippen molar-refractivity contribution in [3.8, 4) is 11.5 Å². The van der Waals surface area contributed by atoms with E-state index in [-0.39, 0.29) is 15.8 Å². The first-order valence-corrected chi connectivity index (χ1v) is 12.6. The monoisotopic (exact) mass is 506 g/mol. The quantitative estimate of drug-likeness (QED) is 0.106. The summed E-state index contributed by atoms with van der Waals surface area (Å²) in [4.78, 5) is 13.1. The van der Waals surface area contributed by atoms with E-state index in [9.17, 15) is 4.79 Å². The van der Waals surface area contributed by atoms with E-state index in [1.807, 2.05) is 30.3 Å². The Kier molecular flexibility index (Phi) is 10.2. The van der Waals surface area contributed by atoms with Gasteiger partial charge in [0.15, 0.2) is 5.75 Å². The summed E-state index contributed by atoms with van der Waals surface area (Å²) in [5.74, 6) is 0.0862. The van der Waals surface area contributed by atoms with Gasteiger partial charge in [-0.3, -0.25) is 0 Å². The van der Waals surface area contributed by atoms with E-state index in [0.717, 1.165) is 23.6 Å². The highest BCUT2D eigenvalue weighted by Crippen LogP contribution is 2.35. The maximum Gasteiger partial charge on any atom is 0.347 e. The van der Waals surface area contributed by atoms with Crippen LogP contribution in [-0.2, 0) is 0 Å². The third kappa shape index (κ3) is 7.53. The number of hydrogen-bond donors (Lipinski definition) is 0. The Bertz CT molecular complexity index is 1080. The van der Waals surface area contributed by atoms with Gasteiger partial charge in [0.05, 0.1) is 21.7 Å². The van der Waals surface area contributed by atoms with Crippen LogP contribution >= 0.6 is 34.8 Å². The molecule has 33 heavy (non-hydrogen) atoms. The molecule has 0 atom stereocenters. The number of halogens is 3. The van der Waals surface area contributed by atoms with Crippen LogP contribution in [0.2, 0.25) is 15.1 Å². The fourth-order valence-corrected chi connectivity index (χ4v) is 4.23. The van der Waals surface area contributed by atoms with Gasteiger partial charge in [-0.15, -0.1) is 0 Å². The maximum absolute atomic E-state index is 13.1. The van der Waals surface area contributed by atoms with Gasteiger partial charge in [-0.2, -0.15) is 0 Å². The third-order valence-corrected chi connectivity index (χ3v) is 6.52. The Morgan fingerprint density at radius 1 is 0.727 bits per heavy atom. The highest BCUT2D eigenvalue weighted by atomic mass is 35.5. The molecule has 0 aliphatic heterocycles. The Balaban J connectivity index is 1.68. The van der Waals surface area contributed by atoms with Crippen LogP contribution in [0.15, 0.2) is 48.5 Å². The second kappa shape index (κ2) is 13.1. The molecular weight excluding hydrogens is 479 g/mol. The van der Waals surface area contributed by atoms with Crippen molar-refractivity contribution in [3.63, 3.8) is 0 Å². The molecule has 0 amide bonds. The molecule has 0 N–H and O–H groups in total. The summed E-state index contributed by atoms with van der Waals surface area (Å²) in [6, 6.07) is 14.4. The van der Waals surface area contributed by atoms with Gasteiger partial charge < -0.3 is 9.47 Å². The summed E-state index contributed by atoms with van der Waals surface area (Å²) in [5, 5.41) is 2.67. The number of ether oxygens (including phenoxy) is 2. The standard InChI is InChI=1S/C27H29Cl3O3/c1-2-3-4-5-6-7-8-11-14-32-25-16-20-13-10-9-12-19(20)15-21(25)27(31)33-26-18-23(29)22(28)17-24(26)30/h9-10,12-13,15-18H,2-8,11,14H2,1H3. The number of unbranched alkanes of at least 4 members (excludes halogenated alkanes) is 7. The van der Waals surface area contributed by atoms with Crippen LogP contribution in [0.5, 0.6) is 11.5 Å². The number of rotatable bonds is 12. The largest absolute Gasteiger partial charge is 0.493 e. The molecule has 176 valence electrons. The van der Waals surface area contributed by atoms with Crippen LogP contribution in [0.25, 0.3) is 10.8 Å². The summed E-state index contributed by atoms with van der Waals surface area (Å²) < 4.78 is 11.6. The lowest BCUT2D eigenvalue weighted by Gasteiger charge is -2.14. The van der Waals surface area contributed by atoms with Crippen LogP contribution in [0.4, 0.5) is 0 Å². The molecule has 0 bridgehead atoms. The lowest BCUT2D eigenvalue weighted by molar-refractivity contribution is 0.0730. The Morgan fingerprint density at radius 2 is 1.33 bits per heavy atom.